The number of halogens is 1. The van der Waals surface area contributed by atoms with Gasteiger partial charge in [-0.2, -0.15) is 0 Å². The minimum Gasteiger partial charge on any atom is -0.385 e. The minimum absolute atomic E-state index is 0.0877. The molecular weight excluding hydrogens is 367 g/mol. The van der Waals surface area contributed by atoms with Gasteiger partial charge in [0.2, 0.25) is 0 Å². The number of hydrogen-bond donors (Lipinski definition) is 2. The van der Waals surface area contributed by atoms with E-state index >= 15 is 0 Å². The Morgan fingerprint density at radius 3 is 2.50 bits per heavy atom. The summed E-state index contributed by atoms with van der Waals surface area (Å²) in [5, 5.41) is 0. The quantitative estimate of drug-likeness (QED) is 0.663. The predicted molar refractivity (Wildman–Crippen MR) is 105 cm³/mol. The first-order valence-electron chi connectivity index (χ1n) is 8.95. The fraction of sp³-hybridized carbons (Fsp3) is 0.421. The molecule has 152 valence electrons. The van der Waals surface area contributed by atoms with Crippen molar-refractivity contribution in [2.75, 3.05) is 30.9 Å². The molecule has 1 aromatic heterocycles. The summed E-state index contributed by atoms with van der Waals surface area (Å²) in [5.74, 6) is -1.00. The summed E-state index contributed by atoms with van der Waals surface area (Å²) in [7, 11) is 1.52. The van der Waals surface area contributed by atoms with Gasteiger partial charge in [-0.15, -0.1) is 0 Å². The van der Waals surface area contributed by atoms with E-state index in [1.165, 1.54) is 28.7 Å². The van der Waals surface area contributed by atoms with Crippen molar-refractivity contribution in [3.05, 3.63) is 56.5 Å². The number of nitrogen functional groups attached to an aromatic ring is 1. The number of rotatable bonds is 8. The van der Waals surface area contributed by atoms with Crippen LogP contribution in [0.5, 0.6) is 0 Å². The molecule has 0 saturated carbocycles. The second kappa shape index (κ2) is 9.32. The van der Waals surface area contributed by atoms with Crippen LogP contribution in [0.15, 0.2) is 33.9 Å². The molecule has 0 saturated heterocycles. The second-order valence-electron chi connectivity index (χ2n) is 6.81. The zero-order valence-electron chi connectivity index (χ0n) is 16.2. The van der Waals surface area contributed by atoms with Crippen LogP contribution in [-0.2, 0) is 11.3 Å². The highest BCUT2D eigenvalue weighted by Gasteiger charge is 2.25. The maximum atomic E-state index is 13.2. The Kier molecular flexibility index (Phi) is 7.11. The molecule has 28 heavy (non-hydrogen) atoms. The predicted octanol–water partition coefficient (Wildman–Crippen LogP) is 1.60. The van der Waals surface area contributed by atoms with E-state index in [1.807, 2.05) is 13.8 Å². The van der Waals surface area contributed by atoms with Gasteiger partial charge < -0.3 is 15.4 Å². The molecule has 0 aliphatic rings. The molecule has 0 spiro atoms. The van der Waals surface area contributed by atoms with Crippen molar-refractivity contribution in [1.29, 1.82) is 0 Å². The number of hydrogen-bond acceptors (Lipinski definition) is 5. The van der Waals surface area contributed by atoms with Gasteiger partial charge in [-0.05, 0) is 36.6 Å². The first-order chi connectivity index (χ1) is 13.3. The summed E-state index contributed by atoms with van der Waals surface area (Å²) in [6.07, 6.45) is 0.436. The molecule has 0 aliphatic heterocycles. The van der Waals surface area contributed by atoms with Crippen LogP contribution in [0.4, 0.5) is 15.9 Å². The zero-order chi connectivity index (χ0) is 20.8. The number of aromatic nitrogens is 2. The van der Waals surface area contributed by atoms with Crippen LogP contribution in [0.1, 0.15) is 30.6 Å². The molecule has 0 atom stereocenters. The number of nitrogens with zero attached hydrogens (tertiary/aromatic N) is 2. The maximum absolute atomic E-state index is 13.2. The Morgan fingerprint density at radius 1 is 1.29 bits per heavy atom. The van der Waals surface area contributed by atoms with Crippen molar-refractivity contribution >= 4 is 17.4 Å². The highest BCUT2D eigenvalue weighted by Crippen LogP contribution is 2.20. The highest BCUT2D eigenvalue weighted by molar-refractivity contribution is 6.07. The number of carbonyl (C=O) groups excluding carboxylic acids is 1. The van der Waals surface area contributed by atoms with E-state index in [1.54, 1.807) is 0 Å². The molecule has 0 aliphatic carbocycles. The number of nitrogens with one attached hydrogen (secondary N) is 1. The summed E-state index contributed by atoms with van der Waals surface area (Å²) >= 11 is 0. The first-order valence-corrected chi connectivity index (χ1v) is 8.95. The van der Waals surface area contributed by atoms with Crippen LogP contribution in [0.2, 0.25) is 0 Å². The van der Waals surface area contributed by atoms with Crippen molar-refractivity contribution in [2.45, 2.75) is 26.8 Å². The average Bonchev–Trinajstić information content (AvgIpc) is 2.63. The van der Waals surface area contributed by atoms with Crippen LogP contribution >= 0.6 is 0 Å². The molecule has 9 heteroatoms. The molecule has 8 nitrogen and oxygen atoms in total. The number of H-pyrrole nitrogens is 1. The Bertz CT molecular complexity index is 934. The van der Waals surface area contributed by atoms with Gasteiger partial charge in [0, 0.05) is 32.4 Å². The molecule has 1 heterocycles. The SMILES string of the molecule is COCCCN(C(=O)c1ccc(F)cc1)c1c(N)n(CC(C)C)c(=O)[nH]c1=O. The summed E-state index contributed by atoms with van der Waals surface area (Å²) in [6, 6.07) is 4.98. The summed E-state index contributed by atoms with van der Waals surface area (Å²) < 4.78 is 19.5. The van der Waals surface area contributed by atoms with E-state index in [0.29, 0.717) is 13.0 Å². The fourth-order valence-electron chi connectivity index (χ4n) is 2.81. The lowest BCUT2D eigenvalue weighted by Gasteiger charge is -2.25. The Hall–Kier alpha value is -2.94. The van der Waals surface area contributed by atoms with Gasteiger partial charge in [0.25, 0.3) is 11.5 Å². The number of aromatic amines is 1. The molecule has 1 amide bonds. The first kappa shape index (κ1) is 21.4. The largest absolute Gasteiger partial charge is 0.385 e. The number of benzene rings is 1. The number of anilines is 2. The van der Waals surface area contributed by atoms with E-state index < -0.39 is 23.0 Å². The monoisotopic (exact) mass is 392 g/mol. The molecule has 0 unspecified atom stereocenters. The molecule has 2 rings (SSSR count). The lowest BCUT2D eigenvalue weighted by molar-refractivity contribution is 0.0983. The number of amides is 1. The van der Waals surface area contributed by atoms with E-state index in [-0.39, 0.29) is 36.1 Å². The van der Waals surface area contributed by atoms with E-state index in [9.17, 15) is 18.8 Å². The van der Waals surface area contributed by atoms with Gasteiger partial charge in [-0.25, -0.2) is 9.18 Å². The Labute approximate surface area is 161 Å². The standard InChI is InChI=1S/C19H25FN4O4/c1-12(2)11-24-16(21)15(17(25)22-19(24)27)23(9-4-10-28-3)18(26)13-5-7-14(20)8-6-13/h5-8,12H,4,9-11,21H2,1-3H3,(H,22,25,27). The van der Waals surface area contributed by atoms with Crippen LogP contribution < -0.4 is 21.9 Å². The molecule has 0 radical (unpaired) electrons. The molecule has 1 aromatic carbocycles. The second-order valence-corrected chi connectivity index (χ2v) is 6.81. The van der Waals surface area contributed by atoms with E-state index in [2.05, 4.69) is 4.98 Å². The summed E-state index contributed by atoms with van der Waals surface area (Å²) in [4.78, 5) is 41.2. The lowest BCUT2D eigenvalue weighted by Crippen LogP contribution is -2.42. The highest BCUT2D eigenvalue weighted by atomic mass is 19.1. The number of nitrogens with two attached hydrogens (primary N) is 1. The molecule has 2 aromatic rings. The van der Waals surface area contributed by atoms with Gasteiger partial charge in [-0.1, -0.05) is 13.8 Å². The minimum atomic E-state index is -0.754. The molecular formula is C19H25FN4O4. The molecule has 0 fully saturated rings. The van der Waals surface area contributed by atoms with Crippen molar-refractivity contribution in [3.63, 3.8) is 0 Å². The van der Waals surface area contributed by atoms with Crippen molar-refractivity contribution in [3.8, 4) is 0 Å². The van der Waals surface area contributed by atoms with Gasteiger partial charge in [0.15, 0.2) is 5.69 Å². The van der Waals surface area contributed by atoms with Crippen molar-refractivity contribution < 1.29 is 13.9 Å². The summed E-state index contributed by atoms with van der Waals surface area (Å²) in [5.41, 5.74) is 4.84. The van der Waals surface area contributed by atoms with Crippen molar-refractivity contribution in [2.24, 2.45) is 5.92 Å². The van der Waals surface area contributed by atoms with Crippen LogP contribution in [0.3, 0.4) is 0 Å². The Morgan fingerprint density at radius 2 is 1.93 bits per heavy atom. The fourth-order valence-corrected chi connectivity index (χ4v) is 2.81. The third-order valence-electron chi connectivity index (χ3n) is 4.10. The lowest BCUT2D eigenvalue weighted by atomic mass is 10.1. The average molecular weight is 392 g/mol. The van der Waals surface area contributed by atoms with Gasteiger partial charge in [0.05, 0.1) is 0 Å². The molecule has 0 bridgehead atoms. The van der Waals surface area contributed by atoms with Crippen LogP contribution in [-0.4, -0.2) is 35.7 Å². The number of ether oxygens (including phenoxy) is 1. The van der Waals surface area contributed by atoms with E-state index in [4.69, 9.17) is 10.5 Å². The third-order valence-corrected chi connectivity index (χ3v) is 4.10. The van der Waals surface area contributed by atoms with Gasteiger partial charge >= 0.3 is 5.69 Å². The number of carbonyl (C=O) groups is 1. The van der Waals surface area contributed by atoms with E-state index in [0.717, 1.165) is 12.1 Å². The van der Waals surface area contributed by atoms with Gasteiger partial charge in [-0.3, -0.25) is 19.1 Å². The smallest absolute Gasteiger partial charge is 0.330 e. The third kappa shape index (κ3) is 4.86. The topological polar surface area (TPSA) is 110 Å². The van der Waals surface area contributed by atoms with Crippen LogP contribution in [0.25, 0.3) is 0 Å². The maximum Gasteiger partial charge on any atom is 0.330 e. The number of methoxy groups -OCH3 is 1. The van der Waals surface area contributed by atoms with Gasteiger partial charge in [0.1, 0.15) is 11.6 Å². The Balaban J connectivity index is 2.56. The zero-order valence-corrected chi connectivity index (χ0v) is 16.2. The van der Waals surface area contributed by atoms with Crippen molar-refractivity contribution in [1.82, 2.24) is 9.55 Å². The summed E-state index contributed by atoms with van der Waals surface area (Å²) in [6.45, 7) is 4.58. The molecule has 3 N–H and O–H groups in total. The normalized spacial score (nSPS) is 11.0. The van der Waals surface area contributed by atoms with Crippen LogP contribution in [0, 0.1) is 11.7 Å².